The Labute approximate surface area is 95.7 Å². The molecule has 0 aliphatic carbocycles. The summed E-state index contributed by atoms with van der Waals surface area (Å²) in [6, 6.07) is 7.86. The molecule has 0 amide bonds. The molecule has 0 N–H and O–H groups in total. The second kappa shape index (κ2) is 4.47. The van der Waals surface area contributed by atoms with Crippen LogP contribution in [0.15, 0.2) is 28.7 Å². The summed E-state index contributed by atoms with van der Waals surface area (Å²) in [4.78, 5) is 0. The van der Waals surface area contributed by atoms with Crippen LogP contribution < -0.4 is 4.74 Å². The lowest BCUT2D eigenvalue weighted by molar-refractivity contribution is 0.137. The molecule has 1 nitrogen and oxygen atoms in total. The van der Waals surface area contributed by atoms with Gasteiger partial charge in [-0.05, 0) is 32.0 Å². The van der Waals surface area contributed by atoms with E-state index in [4.69, 9.17) is 4.74 Å². The molecule has 0 fully saturated rings. The molecular formula is C10H12Br2O. The molecule has 1 aromatic carbocycles. The summed E-state index contributed by atoms with van der Waals surface area (Å²) in [5, 5.41) is 0.812. The van der Waals surface area contributed by atoms with Crippen molar-refractivity contribution in [2.45, 2.75) is 19.4 Å². The lowest BCUT2D eigenvalue weighted by Gasteiger charge is -2.23. The number of alkyl halides is 1. The molecule has 0 aromatic heterocycles. The molecule has 1 aromatic rings. The first-order valence-electron chi connectivity index (χ1n) is 4.04. The van der Waals surface area contributed by atoms with Gasteiger partial charge in [-0.25, -0.2) is 0 Å². The van der Waals surface area contributed by atoms with E-state index in [1.165, 1.54) is 0 Å². The Morgan fingerprint density at radius 3 is 2.62 bits per heavy atom. The highest BCUT2D eigenvalue weighted by Crippen LogP contribution is 2.23. The second-order valence-corrected chi connectivity index (χ2v) is 4.93. The van der Waals surface area contributed by atoms with Gasteiger partial charge >= 0.3 is 0 Å². The summed E-state index contributed by atoms with van der Waals surface area (Å²) >= 11 is 6.81. The van der Waals surface area contributed by atoms with E-state index in [0.29, 0.717) is 0 Å². The first-order chi connectivity index (χ1) is 6.03. The number of ether oxygens (including phenoxy) is 1. The van der Waals surface area contributed by atoms with Crippen LogP contribution in [-0.4, -0.2) is 10.9 Å². The molecule has 13 heavy (non-hydrogen) atoms. The Hall–Kier alpha value is -0.0200. The lowest BCUT2D eigenvalue weighted by atomic mass is 10.2. The van der Waals surface area contributed by atoms with Crippen LogP contribution in [0.5, 0.6) is 5.75 Å². The molecular weight excluding hydrogens is 296 g/mol. The van der Waals surface area contributed by atoms with Gasteiger partial charge in [-0.3, -0.25) is 0 Å². The van der Waals surface area contributed by atoms with Gasteiger partial charge in [-0.2, -0.15) is 0 Å². The zero-order valence-corrected chi connectivity index (χ0v) is 10.9. The summed E-state index contributed by atoms with van der Waals surface area (Å²) in [5.41, 5.74) is -0.166. The Bertz CT molecular complexity index is 284. The van der Waals surface area contributed by atoms with E-state index in [1.54, 1.807) is 0 Å². The number of rotatable bonds is 3. The zero-order chi connectivity index (χ0) is 9.90. The van der Waals surface area contributed by atoms with Crippen molar-refractivity contribution in [2.75, 3.05) is 5.33 Å². The van der Waals surface area contributed by atoms with Crippen LogP contribution in [-0.2, 0) is 0 Å². The van der Waals surface area contributed by atoms with Crippen molar-refractivity contribution in [3.63, 3.8) is 0 Å². The molecule has 0 atom stereocenters. The third-order valence-corrected chi connectivity index (χ3v) is 3.36. The van der Waals surface area contributed by atoms with E-state index in [0.717, 1.165) is 15.6 Å². The Morgan fingerprint density at radius 1 is 1.38 bits per heavy atom. The average Bonchev–Trinajstić information content (AvgIpc) is 2.03. The average molecular weight is 308 g/mol. The van der Waals surface area contributed by atoms with E-state index < -0.39 is 0 Å². The molecule has 0 bridgehead atoms. The maximum absolute atomic E-state index is 5.75. The highest BCUT2D eigenvalue weighted by Gasteiger charge is 2.17. The number of hydrogen-bond acceptors (Lipinski definition) is 1. The second-order valence-electron chi connectivity index (χ2n) is 3.45. The minimum atomic E-state index is -0.166. The molecule has 1 rings (SSSR count). The fourth-order valence-corrected chi connectivity index (χ4v) is 1.37. The fraction of sp³-hybridized carbons (Fsp3) is 0.400. The molecule has 0 aliphatic rings. The van der Waals surface area contributed by atoms with Crippen molar-refractivity contribution < 1.29 is 4.74 Å². The van der Waals surface area contributed by atoms with Gasteiger partial charge in [0.15, 0.2) is 0 Å². The van der Waals surface area contributed by atoms with Crippen LogP contribution in [0.25, 0.3) is 0 Å². The molecule has 0 heterocycles. The van der Waals surface area contributed by atoms with Crippen molar-refractivity contribution in [3.05, 3.63) is 28.7 Å². The molecule has 0 saturated carbocycles. The van der Waals surface area contributed by atoms with E-state index in [1.807, 2.05) is 38.1 Å². The van der Waals surface area contributed by atoms with Crippen molar-refractivity contribution >= 4 is 31.9 Å². The zero-order valence-electron chi connectivity index (χ0n) is 7.68. The maximum Gasteiger partial charge on any atom is 0.121 e. The number of hydrogen-bond donors (Lipinski definition) is 0. The van der Waals surface area contributed by atoms with Crippen LogP contribution >= 0.6 is 31.9 Å². The molecule has 0 spiro atoms. The molecule has 0 aliphatic heterocycles. The van der Waals surface area contributed by atoms with Crippen LogP contribution in [0.2, 0.25) is 0 Å². The monoisotopic (exact) mass is 306 g/mol. The van der Waals surface area contributed by atoms with Gasteiger partial charge in [0.2, 0.25) is 0 Å². The smallest absolute Gasteiger partial charge is 0.121 e. The van der Waals surface area contributed by atoms with Gasteiger partial charge in [0.1, 0.15) is 11.4 Å². The summed E-state index contributed by atoms with van der Waals surface area (Å²) in [6.45, 7) is 4.09. The molecule has 72 valence electrons. The van der Waals surface area contributed by atoms with Crippen LogP contribution in [0, 0.1) is 0 Å². The summed E-state index contributed by atoms with van der Waals surface area (Å²) in [5.74, 6) is 0.888. The fourth-order valence-electron chi connectivity index (χ4n) is 0.877. The van der Waals surface area contributed by atoms with Crippen molar-refractivity contribution in [3.8, 4) is 5.75 Å². The molecule has 0 unspecified atom stereocenters. The van der Waals surface area contributed by atoms with Gasteiger partial charge in [-0.15, -0.1) is 0 Å². The van der Waals surface area contributed by atoms with Gasteiger partial charge in [-0.1, -0.05) is 37.9 Å². The third-order valence-electron chi connectivity index (χ3n) is 1.51. The Morgan fingerprint density at radius 2 is 2.08 bits per heavy atom. The van der Waals surface area contributed by atoms with Crippen molar-refractivity contribution in [2.24, 2.45) is 0 Å². The maximum atomic E-state index is 5.75. The summed E-state index contributed by atoms with van der Waals surface area (Å²) < 4.78 is 6.79. The van der Waals surface area contributed by atoms with Gasteiger partial charge < -0.3 is 4.74 Å². The number of halogens is 2. The molecule has 0 radical (unpaired) electrons. The topological polar surface area (TPSA) is 9.23 Å². The van der Waals surface area contributed by atoms with E-state index in [-0.39, 0.29) is 5.60 Å². The van der Waals surface area contributed by atoms with E-state index in [2.05, 4.69) is 31.9 Å². The first kappa shape index (κ1) is 11.1. The summed E-state index contributed by atoms with van der Waals surface area (Å²) in [7, 11) is 0. The minimum absolute atomic E-state index is 0.166. The first-order valence-corrected chi connectivity index (χ1v) is 5.95. The predicted octanol–water partition coefficient (Wildman–Crippen LogP) is 4.00. The van der Waals surface area contributed by atoms with Crippen LogP contribution in [0.3, 0.4) is 0 Å². The normalized spacial score (nSPS) is 11.4. The predicted molar refractivity (Wildman–Crippen MR) is 62.6 cm³/mol. The van der Waals surface area contributed by atoms with Gasteiger partial charge in [0.05, 0.1) is 0 Å². The van der Waals surface area contributed by atoms with Gasteiger partial charge in [0.25, 0.3) is 0 Å². The third kappa shape index (κ3) is 3.69. The largest absolute Gasteiger partial charge is 0.487 e. The van der Waals surface area contributed by atoms with Crippen LogP contribution in [0.4, 0.5) is 0 Å². The minimum Gasteiger partial charge on any atom is -0.487 e. The Balaban J connectivity index is 2.74. The van der Waals surface area contributed by atoms with Gasteiger partial charge in [0, 0.05) is 9.80 Å². The van der Waals surface area contributed by atoms with Crippen molar-refractivity contribution in [1.82, 2.24) is 0 Å². The standard InChI is InChI=1S/C10H12Br2O/c1-10(2,7-11)13-9-5-3-4-8(12)6-9/h3-6H,7H2,1-2H3. The quantitative estimate of drug-likeness (QED) is 0.767. The number of benzene rings is 1. The highest BCUT2D eigenvalue weighted by molar-refractivity contribution is 9.10. The molecule has 3 heteroatoms. The van der Waals surface area contributed by atoms with Crippen molar-refractivity contribution in [1.29, 1.82) is 0 Å². The summed E-state index contributed by atoms with van der Waals surface area (Å²) in [6.07, 6.45) is 0. The SMILES string of the molecule is CC(C)(CBr)Oc1cccc(Br)c1. The molecule has 0 saturated heterocycles. The highest BCUT2D eigenvalue weighted by atomic mass is 79.9. The van der Waals surface area contributed by atoms with E-state index in [9.17, 15) is 0 Å². The van der Waals surface area contributed by atoms with E-state index >= 15 is 0 Å². The lowest BCUT2D eigenvalue weighted by Crippen LogP contribution is -2.29. The Kier molecular flexibility index (Phi) is 3.80. The van der Waals surface area contributed by atoms with Crippen LogP contribution in [0.1, 0.15) is 13.8 Å².